The van der Waals surface area contributed by atoms with Crippen LogP contribution in [-0.2, 0) is 18.4 Å². The molecule has 0 fully saturated rings. The van der Waals surface area contributed by atoms with Gasteiger partial charge in [0.15, 0.2) is 11.0 Å². The quantitative estimate of drug-likeness (QED) is 0.395. The zero-order chi connectivity index (χ0) is 23.3. The molecule has 2 aromatic carbocycles. The molecular formula is C20H19Cl3N4O4S. The number of carbonyl (C=O) groups is 1. The highest BCUT2D eigenvalue weighted by atomic mass is 35.5. The van der Waals surface area contributed by atoms with Crippen molar-refractivity contribution in [2.75, 3.05) is 25.3 Å². The Balaban J connectivity index is 1.60. The first-order chi connectivity index (χ1) is 15.3. The van der Waals surface area contributed by atoms with E-state index in [0.29, 0.717) is 49.0 Å². The number of thioether (sulfide) groups is 1. The minimum absolute atomic E-state index is 0.0983. The topological polar surface area (TPSA) is 87.5 Å². The van der Waals surface area contributed by atoms with E-state index in [-0.39, 0.29) is 18.3 Å². The van der Waals surface area contributed by atoms with Crippen LogP contribution in [0.5, 0.6) is 17.2 Å². The minimum Gasteiger partial charge on any atom is -0.495 e. The number of halogens is 3. The zero-order valence-electron chi connectivity index (χ0n) is 17.3. The van der Waals surface area contributed by atoms with E-state index >= 15 is 0 Å². The summed E-state index contributed by atoms with van der Waals surface area (Å²) in [7, 11) is 4.76. The zero-order valence-corrected chi connectivity index (χ0v) is 20.4. The lowest BCUT2D eigenvalue weighted by atomic mass is 10.2. The molecule has 0 radical (unpaired) electrons. The molecule has 1 heterocycles. The molecular weight excluding hydrogens is 499 g/mol. The maximum absolute atomic E-state index is 12.5. The van der Waals surface area contributed by atoms with Crippen LogP contribution in [0.1, 0.15) is 5.82 Å². The van der Waals surface area contributed by atoms with Gasteiger partial charge in [0.2, 0.25) is 5.91 Å². The molecule has 0 aliphatic heterocycles. The molecule has 0 saturated heterocycles. The number of hydrogen-bond acceptors (Lipinski definition) is 7. The summed E-state index contributed by atoms with van der Waals surface area (Å²) < 4.78 is 17.9. The molecule has 8 nitrogen and oxygen atoms in total. The normalized spacial score (nSPS) is 10.7. The molecule has 12 heteroatoms. The van der Waals surface area contributed by atoms with Gasteiger partial charge in [-0.25, -0.2) is 0 Å². The van der Waals surface area contributed by atoms with Crippen molar-refractivity contribution in [1.29, 1.82) is 0 Å². The number of nitrogens with zero attached hydrogens (tertiary/aromatic N) is 3. The van der Waals surface area contributed by atoms with Gasteiger partial charge >= 0.3 is 0 Å². The van der Waals surface area contributed by atoms with Gasteiger partial charge in [-0.3, -0.25) is 4.79 Å². The van der Waals surface area contributed by atoms with Crippen LogP contribution in [0.25, 0.3) is 0 Å². The highest BCUT2D eigenvalue weighted by Gasteiger charge is 2.16. The van der Waals surface area contributed by atoms with E-state index in [4.69, 9.17) is 49.0 Å². The molecule has 0 bridgehead atoms. The Morgan fingerprint density at radius 3 is 2.50 bits per heavy atom. The van der Waals surface area contributed by atoms with Gasteiger partial charge in [-0.15, -0.1) is 10.2 Å². The first kappa shape index (κ1) is 24.3. The number of rotatable bonds is 9. The first-order valence-corrected chi connectivity index (χ1v) is 11.2. The molecule has 0 unspecified atom stereocenters. The van der Waals surface area contributed by atoms with Crippen LogP contribution in [0.2, 0.25) is 15.1 Å². The summed E-state index contributed by atoms with van der Waals surface area (Å²) >= 11 is 19.4. The third kappa shape index (κ3) is 5.92. The Bertz CT molecular complexity index is 1130. The monoisotopic (exact) mass is 516 g/mol. The van der Waals surface area contributed by atoms with E-state index in [1.165, 1.54) is 26.0 Å². The highest BCUT2D eigenvalue weighted by Crippen LogP contribution is 2.36. The van der Waals surface area contributed by atoms with Crippen LogP contribution in [0.15, 0.2) is 35.5 Å². The van der Waals surface area contributed by atoms with Crippen LogP contribution in [0, 0.1) is 0 Å². The van der Waals surface area contributed by atoms with Gasteiger partial charge in [-0.05, 0) is 12.1 Å². The number of carbonyl (C=O) groups excluding carboxylic acids is 1. The van der Waals surface area contributed by atoms with Gasteiger partial charge in [-0.2, -0.15) is 0 Å². The van der Waals surface area contributed by atoms with Crippen LogP contribution < -0.4 is 19.5 Å². The van der Waals surface area contributed by atoms with Gasteiger partial charge in [-0.1, -0.05) is 46.6 Å². The number of aromatic nitrogens is 3. The van der Waals surface area contributed by atoms with Crippen molar-refractivity contribution in [2.45, 2.75) is 11.8 Å². The molecule has 0 aliphatic carbocycles. The summed E-state index contributed by atoms with van der Waals surface area (Å²) in [5, 5.41) is 12.9. The number of amides is 1. The fraction of sp³-hybridized carbons (Fsp3) is 0.250. The van der Waals surface area contributed by atoms with Gasteiger partial charge in [0, 0.05) is 30.3 Å². The highest BCUT2D eigenvalue weighted by molar-refractivity contribution is 7.99. The Kier molecular flexibility index (Phi) is 8.36. The summed E-state index contributed by atoms with van der Waals surface area (Å²) in [6.45, 7) is 0.137. The van der Waals surface area contributed by atoms with E-state index in [2.05, 4.69) is 15.5 Å². The van der Waals surface area contributed by atoms with Crippen molar-refractivity contribution in [3.63, 3.8) is 0 Å². The van der Waals surface area contributed by atoms with Crippen molar-refractivity contribution < 1.29 is 19.0 Å². The molecule has 0 atom stereocenters. The van der Waals surface area contributed by atoms with Crippen LogP contribution in [0.3, 0.4) is 0 Å². The van der Waals surface area contributed by atoms with Crippen molar-refractivity contribution in [1.82, 2.24) is 14.8 Å². The molecule has 1 amide bonds. The summed E-state index contributed by atoms with van der Waals surface area (Å²) in [5.41, 5.74) is 0.449. The van der Waals surface area contributed by atoms with Crippen LogP contribution in [-0.4, -0.2) is 40.6 Å². The summed E-state index contributed by atoms with van der Waals surface area (Å²) in [6, 6.07) is 8.13. The van der Waals surface area contributed by atoms with Gasteiger partial charge in [0.25, 0.3) is 0 Å². The maximum Gasteiger partial charge on any atom is 0.234 e. The summed E-state index contributed by atoms with van der Waals surface area (Å²) in [5.74, 6) is 1.70. The predicted molar refractivity (Wildman–Crippen MR) is 126 cm³/mol. The molecule has 3 rings (SSSR count). The Hall–Kier alpha value is -2.33. The summed E-state index contributed by atoms with van der Waals surface area (Å²) in [6.07, 6.45) is 0. The second-order valence-electron chi connectivity index (χ2n) is 6.35. The van der Waals surface area contributed by atoms with E-state index < -0.39 is 0 Å². The van der Waals surface area contributed by atoms with Gasteiger partial charge in [0.05, 0.1) is 35.7 Å². The second-order valence-corrected chi connectivity index (χ2v) is 8.54. The lowest BCUT2D eigenvalue weighted by molar-refractivity contribution is -0.113. The average molecular weight is 518 g/mol. The molecule has 1 aromatic heterocycles. The van der Waals surface area contributed by atoms with E-state index in [9.17, 15) is 4.79 Å². The number of methoxy groups -OCH3 is 2. The molecule has 170 valence electrons. The second kappa shape index (κ2) is 11.0. The lowest BCUT2D eigenvalue weighted by Crippen LogP contribution is -2.15. The number of hydrogen-bond donors (Lipinski definition) is 1. The van der Waals surface area contributed by atoms with E-state index in [1.54, 1.807) is 41.9 Å². The minimum atomic E-state index is -0.260. The van der Waals surface area contributed by atoms with Crippen molar-refractivity contribution in [2.24, 2.45) is 7.05 Å². The molecule has 3 aromatic rings. The van der Waals surface area contributed by atoms with Gasteiger partial charge < -0.3 is 24.1 Å². The molecule has 0 spiro atoms. The van der Waals surface area contributed by atoms with Gasteiger partial charge in [0.1, 0.15) is 23.9 Å². The first-order valence-electron chi connectivity index (χ1n) is 9.12. The van der Waals surface area contributed by atoms with E-state index in [1.807, 2.05) is 0 Å². The Morgan fingerprint density at radius 1 is 1.03 bits per heavy atom. The van der Waals surface area contributed by atoms with Crippen LogP contribution >= 0.6 is 46.6 Å². The molecule has 32 heavy (non-hydrogen) atoms. The smallest absolute Gasteiger partial charge is 0.234 e. The van der Waals surface area contributed by atoms with Crippen molar-refractivity contribution >= 4 is 58.2 Å². The Morgan fingerprint density at radius 2 is 1.78 bits per heavy atom. The van der Waals surface area contributed by atoms with Crippen LogP contribution in [0.4, 0.5) is 5.69 Å². The third-order valence-corrected chi connectivity index (χ3v) is 6.12. The Labute approximate surface area is 204 Å². The lowest BCUT2D eigenvalue weighted by Gasteiger charge is -2.13. The van der Waals surface area contributed by atoms with Crippen molar-refractivity contribution in [3.8, 4) is 17.2 Å². The third-order valence-electron chi connectivity index (χ3n) is 4.26. The number of ether oxygens (including phenoxy) is 3. The molecule has 0 aliphatic rings. The van der Waals surface area contributed by atoms with Crippen molar-refractivity contribution in [3.05, 3.63) is 51.2 Å². The fourth-order valence-corrected chi connectivity index (χ4v) is 3.90. The predicted octanol–water partition coefficient (Wildman–Crippen LogP) is 5.10. The largest absolute Gasteiger partial charge is 0.495 e. The number of nitrogens with one attached hydrogen (secondary N) is 1. The standard InChI is InChI=1S/C20H19Cl3N4O4S/c1-27-18(9-31-16-6-11(21)4-5-12(16)22)25-26-20(27)32-10-19(28)24-14-8-15(29-2)13(23)7-17(14)30-3/h4-8H,9-10H2,1-3H3,(H,24,28). The summed E-state index contributed by atoms with van der Waals surface area (Å²) in [4.78, 5) is 12.5. The average Bonchev–Trinajstić information content (AvgIpc) is 3.13. The SMILES string of the molecule is COc1cc(NC(=O)CSc2nnc(COc3cc(Cl)ccc3Cl)n2C)c(OC)cc1Cl. The maximum atomic E-state index is 12.5. The number of benzene rings is 2. The van der Waals surface area contributed by atoms with E-state index in [0.717, 1.165) is 0 Å². The molecule has 0 saturated carbocycles. The number of anilines is 1. The molecule has 1 N–H and O–H groups in total. The fourth-order valence-electron chi connectivity index (χ4n) is 2.60.